The number of rotatable bonds is 9. The molecule has 0 radical (unpaired) electrons. The van der Waals surface area contributed by atoms with Crippen molar-refractivity contribution >= 4 is 16.9 Å². The third kappa shape index (κ3) is 4.88. The Labute approximate surface area is 160 Å². The quantitative estimate of drug-likeness (QED) is 0.628. The zero-order chi connectivity index (χ0) is 19.1. The van der Waals surface area contributed by atoms with Crippen molar-refractivity contribution < 1.29 is 9.53 Å². The van der Waals surface area contributed by atoms with Crippen LogP contribution in [0.1, 0.15) is 31.2 Å². The van der Waals surface area contributed by atoms with E-state index in [2.05, 4.69) is 22.9 Å². The molecular weight excluding hydrogens is 338 g/mol. The predicted octanol–water partition coefficient (Wildman–Crippen LogP) is 3.75. The number of imidazole rings is 1. The lowest BCUT2D eigenvalue weighted by Crippen LogP contribution is -2.28. The molecular formula is C22H27N3O2. The van der Waals surface area contributed by atoms with E-state index in [1.165, 1.54) is 5.52 Å². The van der Waals surface area contributed by atoms with E-state index in [0.29, 0.717) is 13.0 Å². The number of aromatic nitrogens is 2. The summed E-state index contributed by atoms with van der Waals surface area (Å²) in [5.41, 5.74) is 3.17. The topological polar surface area (TPSA) is 56.2 Å². The molecule has 0 aliphatic rings. The fourth-order valence-corrected chi connectivity index (χ4v) is 3.19. The SMILES string of the molecule is CCCCn1c(CCNC(=O)Cc2ccc(OC)cc2)nc2ccccc21. The summed E-state index contributed by atoms with van der Waals surface area (Å²) >= 11 is 0. The molecule has 0 aliphatic carbocycles. The van der Waals surface area contributed by atoms with Crippen LogP contribution in [-0.4, -0.2) is 29.1 Å². The molecule has 1 heterocycles. The molecule has 27 heavy (non-hydrogen) atoms. The summed E-state index contributed by atoms with van der Waals surface area (Å²) in [6, 6.07) is 15.8. The van der Waals surface area contributed by atoms with Crippen molar-refractivity contribution in [3.05, 3.63) is 59.9 Å². The summed E-state index contributed by atoms with van der Waals surface area (Å²) in [4.78, 5) is 17.0. The Kier molecular flexibility index (Phi) is 6.47. The standard InChI is InChI=1S/C22H27N3O2/c1-3-4-15-25-20-8-6-5-7-19(20)24-21(25)13-14-23-22(26)16-17-9-11-18(27-2)12-10-17/h5-12H,3-4,13-16H2,1-2H3,(H,23,26). The first-order chi connectivity index (χ1) is 13.2. The first kappa shape index (κ1) is 19.0. The van der Waals surface area contributed by atoms with Gasteiger partial charge in [-0.3, -0.25) is 4.79 Å². The lowest BCUT2D eigenvalue weighted by atomic mass is 10.1. The molecule has 5 heteroatoms. The molecule has 1 amide bonds. The van der Waals surface area contributed by atoms with E-state index in [1.807, 2.05) is 42.5 Å². The molecule has 5 nitrogen and oxygen atoms in total. The van der Waals surface area contributed by atoms with Crippen molar-refractivity contribution in [1.82, 2.24) is 14.9 Å². The summed E-state index contributed by atoms with van der Waals surface area (Å²) in [6.45, 7) is 3.74. The van der Waals surface area contributed by atoms with Crippen LogP contribution in [-0.2, 0) is 24.2 Å². The van der Waals surface area contributed by atoms with Gasteiger partial charge in [-0.05, 0) is 36.2 Å². The van der Waals surface area contributed by atoms with Crippen molar-refractivity contribution in [2.75, 3.05) is 13.7 Å². The highest BCUT2D eigenvalue weighted by Gasteiger charge is 2.10. The number of hydrogen-bond acceptors (Lipinski definition) is 3. The third-order valence-electron chi connectivity index (χ3n) is 4.66. The monoisotopic (exact) mass is 365 g/mol. The normalized spacial score (nSPS) is 10.9. The Balaban J connectivity index is 1.58. The van der Waals surface area contributed by atoms with Crippen molar-refractivity contribution in [3.8, 4) is 5.75 Å². The molecule has 0 spiro atoms. The first-order valence-corrected chi connectivity index (χ1v) is 9.55. The number of para-hydroxylation sites is 2. The average Bonchev–Trinajstić information content (AvgIpc) is 3.04. The van der Waals surface area contributed by atoms with Crippen LogP contribution >= 0.6 is 0 Å². The van der Waals surface area contributed by atoms with Gasteiger partial charge in [0.2, 0.25) is 5.91 Å². The van der Waals surface area contributed by atoms with Gasteiger partial charge in [-0.1, -0.05) is 37.6 Å². The number of carbonyl (C=O) groups is 1. The molecule has 0 unspecified atom stereocenters. The van der Waals surface area contributed by atoms with E-state index in [9.17, 15) is 4.79 Å². The highest BCUT2D eigenvalue weighted by atomic mass is 16.5. The second-order valence-corrected chi connectivity index (χ2v) is 6.65. The number of benzene rings is 2. The maximum absolute atomic E-state index is 12.2. The fourth-order valence-electron chi connectivity index (χ4n) is 3.19. The van der Waals surface area contributed by atoms with Gasteiger partial charge in [-0.15, -0.1) is 0 Å². The number of ether oxygens (including phenoxy) is 1. The van der Waals surface area contributed by atoms with Crippen LogP contribution in [0, 0.1) is 0 Å². The fraction of sp³-hybridized carbons (Fsp3) is 0.364. The van der Waals surface area contributed by atoms with Crippen LogP contribution in [0.3, 0.4) is 0 Å². The Hall–Kier alpha value is -2.82. The van der Waals surface area contributed by atoms with Crippen LogP contribution in [0.2, 0.25) is 0 Å². The zero-order valence-electron chi connectivity index (χ0n) is 16.1. The molecule has 1 aromatic heterocycles. The Morgan fingerprint density at radius 3 is 2.67 bits per heavy atom. The number of aryl methyl sites for hydroxylation is 1. The maximum Gasteiger partial charge on any atom is 0.224 e. The molecule has 0 aliphatic heterocycles. The Bertz CT molecular complexity index is 884. The van der Waals surface area contributed by atoms with Crippen LogP contribution in [0.15, 0.2) is 48.5 Å². The largest absolute Gasteiger partial charge is 0.497 e. The number of unbranched alkanes of at least 4 members (excludes halogenated alkanes) is 1. The highest BCUT2D eigenvalue weighted by molar-refractivity contribution is 5.78. The second kappa shape index (κ2) is 9.21. The van der Waals surface area contributed by atoms with Gasteiger partial charge in [0.15, 0.2) is 0 Å². The number of fused-ring (bicyclic) bond motifs is 1. The molecule has 142 valence electrons. The Morgan fingerprint density at radius 1 is 1.15 bits per heavy atom. The van der Waals surface area contributed by atoms with Crippen molar-refractivity contribution in [2.24, 2.45) is 0 Å². The lowest BCUT2D eigenvalue weighted by Gasteiger charge is -2.09. The second-order valence-electron chi connectivity index (χ2n) is 6.65. The number of nitrogens with zero attached hydrogens (tertiary/aromatic N) is 2. The maximum atomic E-state index is 12.2. The van der Waals surface area contributed by atoms with E-state index in [-0.39, 0.29) is 5.91 Å². The summed E-state index contributed by atoms with van der Waals surface area (Å²) in [6.07, 6.45) is 3.37. The number of hydrogen-bond donors (Lipinski definition) is 1. The number of nitrogens with one attached hydrogen (secondary N) is 1. The van der Waals surface area contributed by atoms with Gasteiger partial charge < -0.3 is 14.6 Å². The minimum Gasteiger partial charge on any atom is -0.497 e. The molecule has 0 bridgehead atoms. The van der Waals surface area contributed by atoms with Crippen molar-refractivity contribution in [2.45, 2.75) is 39.2 Å². The van der Waals surface area contributed by atoms with Crippen LogP contribution in [0.25, 0.3) is 11.0 Å². The van der Waals surface area contributed by atoms with Gasteiger partial charge in [0, 0.05) is 19.5 Å². The molecule has 3 rings (SSSR count). The predicted molar refractivity (Wildman–Crippen MR) is 108 cm³/mol. The van der Waals surface area contributed by atoms with Gasteiger partial charge in [0.1, 0.15) is 11.6 Å². The molecule has 0 fully saturated rings. The summed E-state index contributed by atoms with van der Waals surface area (Å²) in [5.74, 6) is 1.86. The van der Waals surface area contributed by atoms with Crippen LogP contribution in [0.5, 0.6) is 5.75 Å². The van der Waals surface area contributed by atoms with Crippen LogP contribution in [0.4, 0.5) is 0 Å². The van der Waals surface area contributed by atoms with Crippen LogP contribution < -0.4 is 10.1 Å². The smallest absolute Gasteiger partial charge is 0.224 e. The highest BCUT2D eigenvalue weighted by Crippen LogP contribution is 2.17. The van der Waals surface area contributed by atoms with E-state index in [4.69, 9.17) is 9.72 Å². The molecule has 0 atom stereocenters. The number of carbonyl (C=O) groups excluding carboxylic acids is 1. The third-order valence-corrected chi connectivity index (χ3v) is 4.66. The van der Waals surface area contributed by atoms with E-state index in [0.717, 1.165) is 48.5 Å². The van der Waals surface area contributed by atoms with E-state index >= 15 is 0 Å². The molecule has 3 aromatic rings. The Morgan fingerprint density at radius 2 is 1.93 bits per heavy atom. The van der Waals surface area contributed by atoms with Crippen molar-refractivity contribution in [1.29, 1.82) is 0 Å². The van der Waals surface area contributed by atoms with Gasteiger partial charge in [0.05, 0.1) is 24.6 Å². The van der Waals surface area contributed by atoms with Gasteiger partial charge in [-0.2, -0.15) is 0 Å². The molecule has 0 saturated carbocycles. The molecule has 1 N–H and O–H groups in total. The summed E-state index contributed by atoms with van der Waals surface area (Å²) in [5, 5.41) is 3.01. The summed E-state index contributed by atoms with van der Waals surface area (Å²) < 4.78 is 7.43. The zero-order valence-corrected chi connectivity index (χ0v) is 16.1. The average molecular weight is 365 g/mol. The van der Waals surface area contributed by atoms with E-state index < -0.39 is 0 Å². The minimum atomic E-state index is 0.0244. The number of methoxy groups -OCH3 is 1. The van der Waals surface area contributed by atoms with Gasteiger partial charge in [-0.25, -0.2) is 4.98 Å². The van der Waals surface area contributed by atoms with Crippen molar-refractivity contribution in [3.63, 3.8) is 0 Å². The molecule has 0 saturated heterocycles. The van der Waals surface area contributed by atoms with Gasteiger partial charge >= 0.3 is 0 Å². The first-order valence-electron chi connectivity index (χ1n) is 9.55. The summed E-state index contributed by atoms with van der Waals surface area (Å²) in [7, 11) is 1.63. The minimum absolute atomic E-state index is 0.0244. The number of amides is 1. The van der Waals surface area contributed by atoms with Gasteiger partial charge in [0.25, 0.3) is 0 Å². The lowest BCUT2D eigenvalue weighted by molar-refractivity contribution is -0.120. The van der Waals surface area contributed by atoms with E-state index in [1.54, 1.807) is 7.11 Å². The molecule has 2 aromatic carbocycles.